The van der Waals surface area contributed by atoms with Crippen LogP contribution in [0.4, 0.5) is 0 Å². The Balaban J connectivity index is 0.000000321. The van der Waals surface area contributed by atoms with Gasteiger partial charge in [0.2, 0.25) is 17.7 Å². The lowest BCUT2D eigenvalue weighted by atomic mass is 9.89. The van der Waals surface area contributed by atoms with Crippen molar-refractivity contribution in [3.8, 4) is 0 Å². The first-order valence-corrected chi connectivity index (χ1v) is 37.3. The SMILES string of the molecule is CCNC(=O)CCC/C=C\C[C@@H]1[C@@H](/C=C/[C@@H](O)CCc2ccccc2)[C@H](OC(=O)CC)C[C@@H]1O.CCNC(=O)CCC/C=C\C[C@@H]1[C@@H](/C=C/[C@H](CCc2ccccc2)OC(=O)CC)[C@H](O)C[C@@H]1O.CCNC(=O)CCC/C=C\C[C@@H]1[C@@H](/C=C/[C@H](CCc2ccccc2)OC(C)=O)[C@H](O)C[C@@H]1O. The molecule has 0 heterocycles. The average molecular weight is 1400 g/mol. The van der Waals surface area contributed by atoms with E-state index in [1.165, 1.54) is 23.6 Å². The summed E-state index contributed by atoms with van der Waals surface area (Å²) in [7, 11) is 0. The molecule has 0 aliphatic heterocycles. The van der Waals surface area contributed by atoms with Gasteiger partial charge >= 0.3 is 17.9 Å². The molecule has 3 fully saturated rings. The number of hydrogen-bond acceptors (Lipinski definition) is 15. The van der Waals surface area contributed by atoms with Crippen LogP contribution in [0.2, 0.25) is 0 Å². The number of aryl methyl sites for hydroxylation is 3. The lowest BCUT2D eigenvalue weighted by Crippen LogP contribution is -2.24. The molecule has 3 aliphatic carbocycles. The highest BCUT2D eigenvalue weighted by molar-refractivity contribution is 5.76. The number of ether oxygens (including phenoxy) is 3. The Morgan fingerprint density at radius 1 is 0.446 bits per heavy atom. The van der Waals surface area contributed by atoms with Gasteiger partial charge in [-0.3, -0.25) is 28.8 Å². The molecule has 18 heteroatoms. The monoisotopic (exact) mass is 1400 g/mol. The molecule has 101 heavy (non-hydrogen) atoms. The van der Waals surface area contributed by atoms with Crippen LogP contribution in [0.5, 0.6) is 0 Å². The van der Waals surface area contributed by atoms with Crippen molar-refractivity contribution in [3.63, 3.8) is 0 Å². The summed E-state index contributed by atoms with van der Waals surface area (Å²) in [5.41, 5.74) is 3.53. The number of unbranched alkanes of at least 4 members (excludes halogenated alkanes) is 3. The number of amides is 3. The molecule has 558 valence electrons. The minimum absolute atomic E-state index is 0.0683. The van der Waals surface area contributed by atoms with Crippen molar-refractivity contribution < 1.29 is 73.6 Å². The first kappa shape index (κ1) is 86.1. The number of esters is 3. The van der Waals surface area contributed by atoms with Gasteiger partial charge in [-0.25, -0.2) is 0 Å². The molecule has 3 saturated carbocycles. The van der Waals surface area contributed by atoms with Gasteiger partial charge in [0, 0.05) is 95.7 Å². The third-order valence-electron chi connectivity index (χ3n) is 18.7. The van der Waals surface area contributed by atoms with Gasteiger partial charge in [-0.1, -0.05) is 166 Å². The highest BCUT2D eigenvalue weighted by Crippen LogP contribution is 2.40. The van der Waals surface area contributed by atoms with Gasteiger partial charge in [0.25, 0.3) is 0 Å². The second-order valence-electron chi connectivity index (χ2n) is 26.6. The Morgan fingerprint density at radius 3 is 1.18 bits per heavy atom. The number of nitrogens with one attached hydrogen (secondary N) is 3. The molecule has 3 amide bonds. The van der Waals surface area contributed by atoms with Crippen molar-refractivity contribution in [3.05, 3.63) is 181 Å². The molecule has 0 radical (unpaired) electrons. The van der Waals surface area contributed by atoms with Crippen LogP contribution in [0.1, 0.15) is 187 Å². The number of aliphatic hydroxyl groups is 6. The van der Waals surface area contributed by atoms with E-state index < -0.39 is 42.7 Å². The first-order valence-electron chi connectivity index (χ1n) is 37.3. The maximum atomic E-state index is 11.9. The molecule has 0 aromatic heterocycles. The van der Waals surface area contributed by atoms with Crippen molar-refractivity contribution in [2.75, 3.05) is 19.6 Å². The Hall–Kier alpha value is -7.32. The topological polar surface area (TPSA) is 288 Å². The first-order chi connectivity index (χ1) is 48.8. The normalized spacial score (nSPS) is 23.5. The number of rotatable bonds is 41. The Morgan fingerprint density at radius 2 is 0.802 bits per heavy atom. The predicted molar refractivity (Wildman–Crippen MR) is 397 cm³/mol. The number of carbonyl (C=O) groups is 6. The molecule has 0 unspecified atom stereocenters. The molecule has 6 rings (SSSR count). The van der Waals surface area contributed by atoms with Crippen molar-refractivity contribution >= 4 is 35.6 Å². The molecule has 9 N–H and O–H groups in total. The zero-order valence-electron chi connectivity index (χ0n) is 61.0. The van der Waals surface area contributed by atoms with Crippen LogP contribution in [0, 0.1) is 35.5 Å². The van der Waals surface area contributed by atoms with Crippen LogP contribution in [0.25, 0.3) is 0 Å². The smallest absolute Gasteiger partial charge is 0.306 e. The van der Waals surface area contributed by atoms with Crippen molar-refractivity contribution in [2.24, 2.45) is 35.5 Å². The molecule has 15 atom stereocenters. The van der Waals surface area contributed by atoms with Gasteiger partial charge in [0.05, 0.1) is 36.6 Å². The maximum absolute atomic E-state index is 11.9. The number of aliphatic hydroxyl groups excluding tert-OH is 6. The third kappa shape index (κ3) is 35.4. The fraction of sp³-hybridized carbons (Fsp3) is 0.566. The quantitative estimate of drug-likeness (QED) is 0.0110. The molecular weight excluding hydrogens is 1280 g/mol. The Kier molecular flexibility index (Phi) is 43.4. The van der Waals surface area contributed by atoms with E-state index in [9.17, 15) is 59.4 Å². The summed E-state index contributed by atoms with van der Waals surface area (Å²) in [5, 5.41) is 71.6. The van der Waals surface area contributed by atoms with E-state index in [2.05, 4.69) is 28.1 Å². The van der Waals surface area contributed by atoms with E-state index >= 15 is 0 Å². The fourth-order valence-electron chi connectivity index (χ4n) is 13.2. The Bertz CT molecular complexity index is 2990. The minimum Gasteiger partial charge on any atom is -0.462 e. The predicted octanol–water partition coefficient (Wildman–Crippen LogP) is 11.9. The summed E-state index contributed by atoms with van der Waals surface area (Å²) in [6, 6.07) is 30.1. The van der Waals surface area contributed by atoms with Gasteiger partial charge in [0.1, 0.15) is 18.3 Å². The summed E-state index contributed by atoms with van der Waals surface area (Å²) < 4.78 is 16.7. The molecule has 3 aromatic rings. The zero-order valence-corrected chi connectivity index (χ0v) is 61.0. The van der Waals surface area contributed by atoms with Crippen molar-refractivity contribution in [2.45, 2.75) is 244 Å². The largest absolute Gasteiger partial charge is 0.462 e. The number of benzene rings is 3. The molecule has 0 bridgehead atoms. The van der Waals surface area contributed by atoms with Crippen LogP contribution in [0.15, 0.2) is 164 Å². The summed E-state index contributed by atoms with van der Waals surface area (Å²) in [4.78, 5) is 70.0. The van der Waals surface area contributed by atoms with Gasteiger partial charge in [-0.05, 0) is 164 Å². The van der Waals surface area contributed by atoms with Gasteiger partial charge in [0.15, 0.2) is 0 Å². The van der Waals surface area contributed by atoms with E-state index in [0.717, 1.165) is 57.8 Å². The second kappa shape index (κ2) is 50.9. The van der Waals surface area contributed by atoms with E-state index in [0.29, 0.717) is 110 Å². The van der Waals surface area contributed by atoms with E-state index in [1.54, 1.807) is 19.9 Å². The molecule has 0 saturated heterocycles. The summed E-state index contributed by atoms with van der Waals surface area (Å²) >= 11 is 0. The molecule has 3 aliphatic rings. The van der Waals surface area contributed by atoms with Crippen LogP contribution < -0.4 is 16.0 Å². The zero-order chi connectivity index (χ0) is 73.6. The fourth-order valence-corrected chi connectivity index (χ4v) is 13.2. The Labute approximate surface area is 602 Å². The van der Waals surface area contributed by atoms with Gasteiger partial charge < -0.3 is 60.8 Å². The van der Waals surface area contributed by atoms with Crippen molar-refractivity contribution in [1.29, 1.82) is 0 Å². The van der Waals surface area contributed by atoms with Crippen LogP contribution in [-0.2, 0) is 62.2 Å². The summed E-state index contributed by atoms with van der Waals surface area (Å²) in [6.45, 7) is 12.6. The van der Waals surface area contributed by atoms with Crippen LogP contribution in [0.3, 0.4) is 0 Å². The second-order valence-corrected chi connectivity index (χ2v) is 26.6. The number of allylic oxidation sites excluding steroid dienone is 6. The lowest BCUT2D eigenvalue weighted by molar-refractivity contribution is -0.150. The third-order valence-corrected chi connectivity index (χ3v) is 18.7. The maximum Gasteiger partial charge on any atom is 0.306 e. The molecule has 18 nitrogen and oxygen atoms in total. The summed E-state index contributed by atoms with van der Waals surface area (Å²) in [6.07, 6.45) is 33.0. The number of carbonyl (C=O) groups excluding carboxylic acids is 6. The average Bonchev–Trinajstić information content (AvgIpc) is 1.70. The van der Waals surface area contributed by atoms with Crippen LogP contribution >= 0.6 is 0 Å². The highest BCUT2D eigenvalue weighted by atomic mass is 16.6. The number of hydrogen-bond donors (Lipinski definition) is 9. The summed E-state index contributed by atoms with van der Waals surface area (Å²) in [5.74, 6) is -1.49. The van der Waals surface area contributed by atoms with E-state index in [-0.39, 0.29) is 83.3 Å². The highest BCUT2D eigenvalue weighted by Gasteiger charge is 2.43. The molecule has 3 aromatic carbocycles. The van der Waals surface area contributed by atoms with Crippen molar-refractivity contribution in [1.82, 2.24) is 16.0 Å². The standard InChI is InChI=1S/2C28H41NO5.C27H39NO5/c1-3-28(33)34-22(17-16-21-12-8-7-9-13-21)18-19-24-23(25(30)20-26(24)31)14-10-5-6-11-15-27(32)29-4-2;1-3-28(33)34-26-20-25(31)23(14-10-5-6-11-15-27(32)29-4-2)24(26)19-18-22(30)17-16-21-12-8-7-9-13-21;1-3-28-27(32)14-10-5-4-9-13-23-24(26(31)19-25(23)30)18-17-22(33-20(2)29)16-15-21-11-7-6-8-12-21/h2*5,7-10,12-13,18-19,22-26,30-31H,3-4,6,11,14-17,20H2,1-2H3,(H,29,32);4,6-9,11-12,17-18,22-26,30-31H,3,5,10,13-16,19H2,1-2H3,(H,28,32)/b2*10-5-,19-18+;9-4-,18-17+/t3*22-,23+,24+,25-,26+/m000/s1. The van der Waals surface area contributed by atoms with Gasteiger partial charge in [-0.15, -0.1) is 0 Å². The molecule has 0 spiro atoms. The molecular formula is C83H121N3O15. The van der Waals surface area contributed by atoms with Crippen LogP contribution in [-0.4, -0.2) is 141 Å². The lowest BCUT2D eigenvalue weighted by Gasteiger charge is -2.22. The van der Waals surface area contributed by atoms with E-state index in [1.807, 2.05) is 166 Å². The van der Waals surface area contributed by atoms with E-state index in [4.69, 9.17) is 14.2 Å². The van der Waals surface area contributed by atoms with Gasteiger partial charge in [-0.2, -0.15) is 0 Å². The minimum atomic E-state index is -0.626.